The summed E-state index contributed by atoms with van der Waals surface area (Å²) in [5.74, 6) is -1.99. The largest absolute Gasteiger partial charge is 0.481 e. The van der Waals surface area contributed by atoms with E-state index < -0.39 is 23.3 Å². The van der Waals surface area contributed by atoms with Crippen molar-refractivity contribution in [1.82, 2.24) is 15.1 Å². The van der Waals surface area contributed by atoms with Crippen molar-refractivity contribution in [3.05, 3.63) is 0 Å². The molecule has 20 heavy (non-hydrogen) atoms. The summed E-state index contributed by atoms with van der Waals surface area (Å²) in [5, 5.41) is 11.0. The minimum Gasteiger partial charge on any atom is -0.481 e. The lowest BCUT2D eigenvalue weighted by atomic mass is 9.89. The maximum Gasteiger partial charge on any atom is 0.324 e. The van der Waals surface area contributed by atoms with Crippen LogP contribution >= 0.6 is 0 Å². The number of likely N-dealkylation sites (N-methyl/N-ethyl adjacent to an activating group) is 1. The molecule has 1 fully saturated rings. The van der Waals surface area contributed by atoms with Crippen molar-refractivity contribution >= 4 is 23.8 Å². The van der Waals surface area contributed by atoms with Gasteiger partial charge in [0, 0.05) is 26.6 Å². The molecule has 4 amide bonds. The van der Waals surface area contributed by atoms with Gasteiger partial charge >= 0.3 is 12.0 Å². The highest BCUT2D eigenvalue weighted by Gasteiger charge is 2.32. The number of nitrogens with zero attached hydrogens (tertiary/aromatic N) is 2. The van der Waals surface area contributed by atoms with Crippen molar-refractivity contribution in [3.63, 3.8) is 0 Å². The molecule has 1 aliphatic rings. The van der Waals surface area contributed by atoms with Gasteiger partial charge in [0.2, 0.25) is 11.8 Å². The number of imide groups is 1. The first-order valence-electron chi connectivity index (χ1n) is 6.19. The molecule has 1 rings (SSSR count). The fourth-order valence-corrected chi connectivity index (χ4v) is 1.65. The first kappa shape index (κ1) is 15.9. The summed E-state index contributed by atoms with van der Waals surface area (Å²) in [7, 11) is 1.64. The lowest BCUT2D eigenvalue weighted by Crippen LogP contribution is -2.54. The van der Waals surface area contributed by atoms with E-state index >= 15 is 0 Å². The number of carbonyl (C=O) groups is 4. The van der Waals surface area contributed by atoms with Crippen molar-refractivity contribution in [2.45, 2.75) is 20.3 Å². The number of piperazine rings is 1. The average Bonchev–Trinajstić information content (AvgIpc) is 2.31. The summed E-state index contributed by atoms with van der Waals surface area (Å²) in [6, 6.07) is -0.669. The Bertz CT molecular complexity index is 446. The molecule has 0 aromatic rings. The minimum absolute atomic E-state index is 0.0854. The third-order valence-corrected chi connectivity index (χ3v) is 3.17. The van der Waals surface area contributed by atoms with Crippen LogP contribution in [0.3, 0.4) is 0 Å². The molecule has 2 N–H and O–H groups in total. The second-order valence-corrected chi connectivity index (χ2v) is 5.46. The number of rotatable bonds is 3. The summed E-state index contributed by atoms with van der Waals surface area (Å²) in [5.41, 5.74) is -1.25. The molecule has 8 nitrogen and oxygen atoms in total. The number of carbonyl (C=O) groups excluding carboxylic acids is 3. The zero-order valence-corrected chi connectivity index (χ0v) is 11.8. The van der Waals surface area contributed by atoms with Crippen molar-refractivity contribution < 1.29 is 24.3 Å². The van der Waals surface area contributed by atoms with E-state index in [0.717, 1.165) is 0 Å². The van der Waals surface area contributed by atoms with Crippen molar-refractivity contribution in [3.8, 4) is 0 Å². The Morgan fingerprint density at radius 3 is 2.40 bits per heavy atom. The van der Waals surface area contributed by atoms with Crippen LogP contribution in [0.15, 0.2) is 0 Å². The Labute approximate surface area is 116 Å². The zero-order valence-electron chi connectivity index (χ0n) is 11.8. The second-order valence-electron chi connectivity index (χ2n) is 5.46. The van der Waals surface area contributed by atoms with Crippen LogP contribution in [0.2, 0.25) is 0 Å². The molecule has 0 aliphatic carbocycles. The first-order valence-corrected chi connectivity index (χ1v) is 6.19. The molecule has 1 heterocycles. The fraction of sp³-hybridized carbons (Fsp3) is 0.667. The number of nitrogens with one attached hydrogen (secondary N) is 1. The summed E-state index contributed by atoms with van der Waals surface area (Å²) in [6.07, 6.45) is -0.310. The Morgan fingerprint density at radius 1 is 1.30 bits per heavy atom. The topological polar surface area (TPSA) is 107 Å². The average molecular weight is 285 g/mol. The Balaban J connectivity index is 2.52. The van der Waals surface area contributed by atoms with Crippen molar-refractivity contribution in [1.29, 1.82) is 0 Å². The van der Waals surface area contributed by atoms with Crippen LogP contribution < -0.4 is 5.32 Å². The molecule has 0 aromatic carbocycles. The normalized spacial score (nSPS) is 16.1. The molecule has 1 saturated heterocycles. The van der Waals surface area contributed by atoms with Gasteiger partial charge in [-0.2, -0.15) is 0 Å². The van der Waals surface area contributed by atoms with Crippen LogP contribution in [0.1, 0.15) is 20.3 Å². The number of carboxylic acid groups (broad SMARTS) is 1. The van der Waals surface area contributed by atoms with Gasteiger partial charge in [0.05, 0.1) is 5.41 Å². The van der Waals surface area contributed by atoms with Crippen LogP contribution in [0.4, 0.5) is 4.79 Å². The van der Waals surface area contributed by atoms with Crippen molar-refractivity contribution in [2.75, 3.05) is 26.7 Å². The van der Waals surface area contributed by atoms with E-state index in [4.69, 9.17) is 5.11 Å². The standard InChI is InChI=1S/C12H19N3O5/c1-12(2,10(18)19)6-8(16)13-11(20)15-5-4-14(3)9(17)7-15/h4-7H2,1-3H3,(H,18,19)(H,13,16,20). The summed E-state index contributed by atoms with van der Waals surface area (Å²) >= 11 is 0. The lowest BCUT2D eigenvalue weighted by molar-refractivity contribution is -0.149. The van der Waals surface area contributed by atoms with E-state index in [1.807, 2.05) is 0 Å². The zero-order chi connectivity index (χ0) is 15.5. The number of amides is 4. The highest BCUT2D eigenvalue weighted by atomic mass is 16.4. The Hall–Kier alpha value is -2.12. The van der Waals surface area contributed by atoms with Gasteiger partial charge in [-0.3, -0.25) is 19.7 Å². The fourth-order valence-electron chi connectivity index (χ4n) is 1.65. The molecular formula is C12H19N3O5. The van der Waals surface area contributed by atoms with Gasteiger partial charge < -0.3 is 14.9 Å². The SMILES string of the molecule is CN1CCN(C(=O)NC(=O)CC(C)(C)C(=O)O)CC1=O. The summed E-state index contributed by atoms with van der Waals surface area (Å²) < 4.78 is 0. The molecule has 0 radical (unpaired) electrons. The Morgan fingerprint density at radius 2 is 1.90 bits per heavy atom. The van der Waals surface area contributed by atoms with Crippen LogP contribution in [0, 0.1) is 5.41 Å². The van der Waals surface area contributed by atoms with E-state index in [9.17, 15) is 19.2 Å². The molecule has 0 atom stereocenters. The van der Waals surface area contributed by atoms with Gasteiger partial charge in [-0.05, 0) is 13.8 Å². The molecule has 0 unspecified atom stereocenters. The van der Waals surface area contributed by atoms with Crippen LogP contribution in [-0.2, 0) is 14.4 Å². The quantitative estimate of drug-likeness (QED) is 0.726. The van der Waals surface area contributed by atoms with Gasteiger partial charge in [-0.1, -0.05) is 0 Å². The molecule has 0 saturated carbocycles. The summed E-state index contributed by atoms with van der Waals surface area (Å²) in [4.78, 5) is 48.5. The van der Waals surface area contributed by atoms with Gasteiger partial charge in [0.25, 0.3) is 0 Å². The molecule has 0 bridgehead atoms. The molecular weight excluding hydrogens is 266 g/mol. The smallest absolute Gasteiger partial charge is 0.324 e. The number of hydrogen-bond donors (Lipinski definition) is 2. The Kier molecular flexibility index (Phi) is 4.69. The molecule has 112 valence electrons. The van der Waals surface area contributed by atoms with E-state index in [-0.39, 0.29) is 18.9 Å². The number of carboxylic acids is 1. The maximum absolute atomic E-state index is 11.8. The highest BCUT2D eigenvalue weighted by Crippen LogP contribution is 2.20. The van der Waals surface area contributed by atoms with Crippen LogP contribution in [0.5, 0.6) is 0 Å². The second kappa shape index (κ2) is 5.89. The summed E-state index contributed by atoms with van der Waals surface area (Å²) in [6.45, 7) is 3.46. The highest BCUT2D eigenvalue weighted by molar-refractivity contribution is 5.97. The molecule has 0 spiro atoms. The maximum atomic E-state index is 11.8. The first-order chi connectivity index (χ1) is 9.13. The predicted octanol–water partition coefficient (Wildman–Crippen LogP) is -0.502. The van der Waals surface area contributed by atoms with E-state index in [1.165, 1.54) is 23.6 Å². The lowest BCUT2D eigenvalue weighted by Gasteiger charge is -2.31. The van der Waals surface area contributed by atoms with E-state index in [2.05, 4.69) is 5.32 Å². The van der Waals surface area contributed by atoms with E-state index in [0.29, 0.717) is 13.1 Å². The van der Waals surface area contributed by atoms with Gasteiger partial charge in [0.1, 0.15) is 6.54 Å². The van der Waals surface area contributed by atoms with Crippen LogP contribution in [0.25, 0.3) is 0 Å². The predicted molar refractivity (Wildman–Crippen MR) is 68.8 cm³/mol. The number of aliphatic carboxylic acids is 1. The number of hydrogen-bond acceptors (Lipinski definition) is 4. The monoisotopic (exact) mass is 285 g/mol. The third kappa shape index (κ3) is 3.94. The van der Waals surface area contributed by atoms with Gasteiger partial charge in [-0.15, -0.1) is 0 Å². The van der Waals surface area contributed by atoms with Crippen molar-refractivity contribution in [2.24, 2.45) is 5.41 Å². The number of urea groups is 1. The molecule has 1 aliphatic heterocycles. The minimum atomic E-state index is -1.25. The van der Waals surface area contributed by atoms with E-state index in [1.54, 1.807) is 7.05 Å². The van der Waals surface area contributed by atoms with Crippen LogP contribution in [-0.4, -0.2) is 65.4 Å². The third-order valence-electron chi connectivity index (χ3n) is 3.17. The molecule has 8 heteroatoms. The molecule has 0 aromatic heterocycles. The van der Waals surface area contributed by atoms with Gasteiger partial charge in [-0.25, -0.2) is 4.79 Å². The van der Waals surface area contributed by atoms with Gasteiger partial charge in [0.15, 0.2) is 0 Å².